The minimum absolute atomic E-state index is 0.0458. The Kier molecular flexibility index (Phi) is 27.5. The smallest absolute Gasteiger partial charge is 0.326 e. The number of carbonyl (C=O) groups is 12. The van der Waals surface area contributed by atoms with Crippen LogP contribution in [0.3, 0.4) is 0 Å². The Labute approximate surface area is 554 Å². The number of aliphatic hydroxyl groups excluding tert-OH is 2. The number of nitrogens with one attached hydrogen (secondary N) is 10. The van der Waals surface area contributed by atoms with Crippen molar-refractivity contribution in [3.05, 3.63) is 161 Å². The number of carboxylic acid groups (broad SMARTS) is 3. The summed E-state index contributed by atoms with van der Waals surface area (Å²) in [5, 5.41) is 102. The maximum Gasteiger partial charge on any atom is 0.326 e. The summed E-state index contributed by atoms with van der Waals surface area (Å²) in [6, 6.07) is 16.3. The van der Waals surface area contributed by atoms with Gasteiger partial charge in [0.1, 0.15) is 65.6 Å². The topological polar surface area (TPSA) is 517 Å². The molecule has 0 aliphatic carbocycles. The zero-order valence-electron chi connectivity index (χ0n) is 52.5. The Hall–Kier alpha value is -11.4. The number of aliphatic carboxylic acids is 3. The van der Waals surface area contributed by atoms with Crippen molar-refractivity contribution in [3.8, 4) is 17.2 Å². The third-order valence-corrected chi connectivity index (χ3v) is 15.2. The SMILES string of the molecule is C[C@@H](O)[C@H](NC(=O)CNC(=O)[C@@H](NC(=O)[C@H](CCC(=O)O)NC(=O)[C@H](Cc1ccccc1)NC(=O)[C@H](CC(=O)O)NC(=O)[C@H](Cc1ccc(O)cc1)NC(=O)[C@@H](N)Cc1ccc(O)cc1)[C@@H](C)O)C(=O)N[C@@H](Cc1c[nH]c2ccccc12)C(=O)N[C@@H](Cc1ccc(O)cc1)C(=O)O. The van der Waals surface area contributed by atoms with Crippen LogP contribution in [-0.2, 0) is 89.6 Å². The van der Waals surface area contributed by atoms with Crippen LogP contribution in [0.2, 0.25) is 0 Å². The van der Waals surface area contributed by atoms with Crippen LogP contribution >= 0.6 is 0 Å². The Morgan fingerprint density at radius 1 is 0.423 bits per heavy atom. The quantitative estimate of drug-likeness (QED) is 0.0209. The molecule has 9 amide bonds. The van der Waals surface area contributed by atoms with Gasteiger partial charge >= 0.3 is 17.9 Å². The van der Waals surface area contributed by atoms with Crippen LogP contribution < -0.4 is 53.6 Å². The molecule has 0 saturated carbocycles. The highest BCUT2D eigenvalue weighted by atomic mass is 16.4. The van der Waals surface area contributed by atoms with Gasteiger partial charge in [-0.2, -0.15) is 0 Å². The van der Waals surface area contributed by atoms with Gasteiger partial charge in [-0.25, -0.2) is 4.79 Å². The fraction of sp³-hybridized carbons (Fsp3) is 0.333. The number of phenolic OH excluding ortho intramolecular Hbond substituents is 3. The van der Waals surface area contributed by atoms with E-state index in [1.54, 1.807) is 60.8 Å². The molecule has 516 valence electrons. The van der Waals surface area contributed by atoms with Gasteiger partial charge in [0.2, 0.25) is 53.2 Å². The lowest BCUT2D eigenvalue weighted by molar-refractivity contribution is -0.142. The van der Waals surface area contributed by atoms with Gasteiger partial charge in [0, 0.05) is 49.2 Å². The van der Waals surface area contributed by atoms with Crippen LogP contribution in [-0.4, -0.2) is 190 Å². The first kappa shape index (κ1) is 74.6. The summed E-state index contributed by atoms with van der Waals surface area (Å²) >= 11 is 0. The van der Waals surface area contributed by atoms with Gasteiger partial charge in [0.15, 0.2) is 0 Å². The Morgan fingerprint density at radius 3 is 1.35 bits per heavy atom. The zero-order valence-corrected chi connectivity index (χ0v) is 52.5. The summed E-state index contributed by atoms with van der Waals surface area (Å²) < 4.78 is 0. The number of benzene rings is 5. The molecule has 6 aromatic rings. The molecule has 0 saturated heterocycles. The van der Waals surface area contributed by atoms with Crippen molar-refractivity contribution in [2.75, 3.05) is 6.54 Å². The normalized spacial score (nSPS) is 14.5. The van der Waals surface area contributed by atoms with Gasteiger partial charge in [0.05, 0.1) is 31.2 Å². The average Bonchev–Trinajstić information content (AvgIpc) is 1.80. The molecule has 1 aromatic heterocycles. The van der Waals surface area contributed by atoms with Gasteiger partial charge in [0.25, 0.3) is 0 Å². The number of aliphatic hydroxyl groups is 2. The van der Waals surface area contributed by atoms with Crippen LogP contribution in [0.1, 0.15) is 60.9 Å². The van der Waals surface area contributed by atoms with Crippen molar-refractivity contribution >= 4 is 82.0 Å². The predicted molar refractivity (Wildman–Crippen MR) is 344 cm³/mol. The maximum atomic E-state index is 14.4. The third-order valence-electron chi connectivity index (χ3n) is 15.2. The number of rotatable bonds is 36. The summed E-state index contributed by atoms with van der Waals surface area (Å²) in [4.78, 5) is 165. The molecule has 31 heteroatoms. The molecule has 97 heavy (non-hydrogen) atoms. The molecule has 20 N–H and O–H groups in total. The molecule has 0 spiro atoms. The van der Waals surface area contributed by atoms with Gasteiger partial charge in [-0.3, -0.25) is 52.7 Å². The van der Waals surface area contributed by atoms with E-state index >= 15 is 0 Å². The van der Waals surface area contributed by atoms with Crippen LogP contribution in [0, 0.1) is 0 Å². The lowest BCUT2D eigenvalue weighted by Gasteiger charge is -2.28. The molecule has 31 nitrogen and oxygen atoms in total. The Balaban J connectivity index is 1.15. The minimum Gasteiger partial charge on any atom is -0.508 e. The second kappa shape index (κ2) is 35.7. The number of hydrogen-bond donors (Lipinski definition) is 19. The molecule has 0 bridgehead atoms. The van der Waals surface area contributed by atoms with Crippen molar-refractivity contribution in [1.29, 1.82) is 0 Å². The van der Waals surface area contributed by atoms with Crippen LogP contribution in [0.4, 0.5) is 0 Å². The number of phenols is 3. The van der Waals surface area contributed by atoms with E-state index < -0.39 is 163 Å². The van der Waals surface area contributed by atoms with Crippen LogP contribution in [0.5, 0.6) is 17.2 Å². The average molecular weight is 1340 g/mol. The first-order valence-electron chi connectivity index (χ1n) is 30.4. The van der Waals surface area contributed by atoms with Crippen molar-refractivity contribution in [2.45, 2.75) is 132 Å². The number of H-pyrrole nitrogens is 1. The number of para-hydroxylation sites is 1. The van der Waals surface area contributed by atoms with Crippen molar-refractivity contribution in [3.63, 3.8) is 0 Å². The van der Waals surface area contributed by atoms with Gasteiger partial charge in [-0.05, 0) is 97.0 Å². The third kappa shape index (κ3) is 23.5. The summed E-state index contributed by atoms with van der Waals surface area (Å²) in [6.07, 6.45) is -5.69. The molecule has 0 fully saturated rings. The summed E-state index contributed by atoms with van der Waals surface area (Å²) in [5.74, 6) is -15.0. The second-order valence-electron chi connectivity index (χ2n) is 22.9. The highest BCUT2D eigenvalue weighted by Gasteiger charge is 2.37. The van der Waals surface area contributed by atoms with Crippen molar-refractivity contribution in [1.82, 2.24) is 52.8 Å². The number of aromatic amines is 1. The van der Waals surface area contributed by atoms with Gasteiger partial charge < -0.3 is 99.4 Å². The first-order valence-corrected chi connectivity index (χ1v) is 30.4. The van der Waals surface area contributed by atoms with Crippen LogP contribution in [0.15, 0.2) is 134 Å². The fourth-order valence-electron chi connectivity index (χ4n) is 10.0. The fourth-order valence-corrected chi connectivity index (χ4v) is 10.0. The van der Waals surface area contributed by atoms with Crippen molar-refractivity contribution in [2.24, 2.45) is 5.73 Å². The number of carbonyl (C=O) groups excluding carboxylic acids is 9. The van der Waals surface area contributed by atoms with E-state index in [4.69, 9.17) is 5.73 Å². The summed E-state index contributed by atoms with van der Waals surface area (Å²) in [5.41, 5.74) is 9.12. The number of hydrogen-bond acceptors (Lipinski definition) is 18. The monoisotopic (exact) mass is 1340 g/mol. The number of nitrogens with two attached hydrogens (primary N) is 1. The minimum atomic E-state index is -1.98. The van der Waals surface area contributed by atoms with Crippen LogP contribution in [0.25, 0.3) is 10.9 Å². The van der Waals surface area contributed by atoms with E-state index in [2.05, 4.69) is 52.8 Å². The van der Waals surface area contributed by atoms with E-state index in [1.807, 2.05) is 0 Å². The number of amides is 9. The highest BCUT2D eigenvalue weighted by molar-refractivity contribution is 5.99. The lowest BCUT2D eigenvalue weighted by Crippen LogP contribution is -2.61. The van der Waals surface area contributed by atoms with E-state index in [0.717, 1.165) is 13.8 Å². The second-order valence-corrected chi connectivity index (χ2v) is 22.9. The molecule has 0 unspecified atom stereocenters. The maximum absolute atomic E-state index is 14.4. The van der Waals surface area contributed by atoms with E-state index in [1.165, 1.54) is 72.8 Å². The standard InChI is InChI=1S/C66H77N11O20/c1-34(78)56(64(94)69-33-53(83)76-57(35(2)79)65(95)74-50(30-40-32-68-46-11-7-6-10-44(40)46)62(92)75-52(66(96)97)29-39-16-22-43(82)23-17-39)77-59(89)47(24-25-54(84)85)70-60(90)49(27-36-8-4-3-5-9-36)72-63(93)51(31-55(86)87)73-61(91)48(28-38-14-20-42(81)21-15-38)71-58(88)45(67)26-37-12-18-41(80)19-13-37/h3-23,32,34-35,45,47-52,56-57,68,78-82H,24-31,33,67H2,1-2H3,(H,69,94)(H,70,90)(H,71,88)(H,72,93)(H,73,91)(H,74,95)(H,75,92)(H,76,83)(H,77,89)(H,84,85)(H,86,87)(H,96,97)/t34-,35-,45+,47+,48+,49+,50+,51+,52+,56+,57+/m1/s1. The van der Waals surface area contributed by atoms with Gasteiger partial charge in [-0.15, -0.1) is 0 Å². The van der Waals surface area contributed by atoms with E-state index in [0.29, 0.717) is 38.7 Å². The molecular weight excluding hydrogens is 1270 g/mol. The molecular formula is C66H77N11O20. The zero-order chi connectivity index (χ0) is 71.0. The highest BCUT2D eigenvalue weighted by Crippen LogP contribution is 2.21. The predicted octanol–water partition coefficient (Wildman–Crippen LogP) is -1.69. The summed E-state index contributed by atoms with van der Waals surface area (Å²) in [6.45, 7) is 1.17. The number of aromatic hydroxyl groups is 3. The Morgan fingerprint density at radius 2 is 0.835 bits per heavy atom. The molecule has 6 rings (SSSR count). The van der Waals surface area contributed by atoms with Gasteiger partial charge in [-0.1, -0.05) is 84.9 Å². The number of fused-ring (bicyclic) bond motifs is 1. The first-order chi connectivity index (χ1) is 46.0. The number of carboxylic acids is 3. The molecule has 11 atom stereocenters. The summed E-state index contributed by atoms with van der Waals surface area (Å²) in [7, 11) is 0. The van der Waals surface area contributed by atoms with Crippen molar-refractivity contribution < 1.29 is 98.4 Å². The molecule has 0 aliphatic rings. The molecule has 0 aliphatic heterocycles. The number of aromatic nitrogens is 1. The molecule has 1 heterocycles. The van der Waals surface area contributed by atoms with E-state index in [9.17, 15) is 98.4 Å². The molecule has 5 aromatic carbocycles. The molecule has 0 radical (unpaired) electrons. The Bertz CT molecular complexity index is 3760. The van der Waals surface area contributed by atoms with E-state index in [-0.39, 0.29) is 49.4 Å². The lowest BCUT2D eigenvalue weighted by atomic mass is 10.0. The largest absolute Gasteiger partial charge is 0.508 e.